The summed E-state index contributed by atoms with van der Waals surface area (Å²) < 4.78 is 29.5. The molecule has 1 amide bonds. The fourth-order valence-corrected chi connectivity index (χ4v) is 2.49. The highest BCUT2D eigenvalue weighted by Crippen LogP contribution is 2.25. The van der Waals surface area contributed by atoms with E-state index >= 15 is 0 Å². The average Bonchev–Trinajstić information content (AvgIpc) is 2.54. The van der Waals surface area contributed by atoms with Crippen molar-refractivity contribution in [3.63, 3.8) is 0 Å². The number of amides is 1. The van der Waals surface area contributed by atoms with Gasteiger partial charge >= 0.3 is 0 Å². The van der Waals surface area contributed by atoms with Gasteiger partial charge in [-0.2, -0.15) is 8.78 Å². The van der Waals surface area contributed by atoms with Gasteiger partial charge in [-0.1, -0.05) is 36.0 Å². The second kappa shape index (κ2) is 8.64. The maximum atomic E-state index is 12.2. The fourth-order valence-electron chi connectivity index (χ4n) is 1.99. The number of rotatable bonds is 7. The van der Waals surface area contributed by atoms with Gasteiger partial charge in [-0.15, -0.1) is 0 Å². The van der Waals surface area contributed by atoms with E-state index < -0.39 is 5.76 Å². The summed E-state index contributed by atoms with van der Waals surface area (Å²) in [5.41, 5.74) is 2.48. The number of alkyl halides is 2. The summed E-state index contributed by atoms with van der Waals surface area (Å²) >= 11 is 0.459. The number of benzene rings is 2. The molecule has 2 rings (SSSR count). The highest BCUT2D eigenvalue weighted by Gasteiger charge is 2.08. The summed E-state index contributed by atoms with van der Waals surface area (Å²) in [4.78, 5) is 12.5. The van der Waals surface area contributed by atoms with Crippen LogP contribution in [-0.4, -0.2) is 18.8 Å². The third kappa shape index (κ3) is 5.65. The van der Waals surface area contributed by atoms with E-state index in [-0.39, 0.29) is 5.91 Å². The van der Waals surface area contributed by atoms with Crippen LogP contribution in [0.1, 0.15) is 21.5 Å². The monoisotopic (exact) mass is 337 g/mol. The Morgan fingerprint density at radius 3 is 2.26 bits per heavy atom. The van der Waals surface area contributed by atoms with Crippen molar-refractivity contribution < 1.29 is 18.3 Å². The molecule has 0 saturated carbocycles. The first-order chi connectivity index (χ1) is 11.1. The molecule has 2 aromatic carbocycles. The van der Waals surface area contributed by atoms with Crippen LogP contribution >= 0.6 is 11.8 Å². The molecule has 0 atom stereocenters. The van der Waals surface area contributed by atoms with E-state index in [0.29, 0.717) is 35.4 Å². The summed E-state index contributed by atoms with van der Waals surface area (Å²) in [5, 5.41) is 2.80. The molecule has 0 aliphatic carbocycles. The Hall–Kier alpha value is -1.92. The lowest BCUT2D eigenvalue weighted by atomic mass is 10.1. The van der Waals surface area contributed by atoms with Crippen LogP contribution in [0.25, 0.3) is 0 Å². The van der Waals surface area contributed by atoms with E-state index in [9.17, 15) is 13.6 Å². The molecule has 0 aromatic heterocycles. The molecular formula is C17H17F2NO2S. The normalized spacial score (nSPS) is 10.8. The third-order valence-corrected chi connectivity index (χ3v) is 3.85. The predicted octanol–water partition coefficient (Wildman–Crippen LogP) is 4.08. The van der Waals surface area contributed by atoms with Crippen LogP contribution in [0.5, 0.6) is 0 Å². The highest BCUT2D eigenvalue weighted by atomic mass is 32.2. The second-order valence-corrected chi connectivity index (χ2v) is 5.90. The Kier molecular flexibility index (Phi) is 6.55. The van der Waals surface area contributed by atoms with E-state index in [1.165, 1.54) is 12.1 Å². The lowest BCUT2D eigenvalue weighted by Crippen LogP contribution is -2.22. The number of hydrogen-bond acceptors (Lipinski definition) is 3. The molecule has 2 aromatic rings. The van der Waals surface area contributed by atoms with Crippen molar-refractivity contribution in [2.24, 2.45) is 0 Å². The van der Waals surface area contributed by atoms with Crippen LogP contribution in [0.4, 0.5) is 8.78 Å². The molecule has 0 spiro atoms. The zero-order chi connectivity index (χ0) is 16.7. The topological polar surface area (TPSA) is 38.3 Å². The third-order valence-electron chi connectivity index (χ3n) is 3.13. The molecule has 3 nitrogen and oxygen atoms in total. The predicted molar refractivity (Wildman–Crippen MR) is 86.6 cm³/mol. The van der Waals surface area contributed by atoms with Crippen LogP contribution in [0, 0.1) is 0 Å². The quantitative estimate of drug-likeness (QED) is 0.774. The number of methoxy groups -OCH3 is 1. The van der Waals surface area contributed by atoms with Gasteiger partial charge in [-0.25, -0.2) is 0 Å². The minimum atomic E-state index is -2.46. The Morgan fingerprint density at radius 2 is 1.70 bits per heavy atom. The van der Waals surface area contributed by atoms with E-state index in [2.05, 4.69) is 5.32 Å². The Labute approximate surface area is 138 Å². The van der Waals surface area contributed by atoms with Crippen molar-refractivity contribution in [3.05, 3.63) is 65.2 Å². The van der Waals surface area contributed by atoms with Crippen LogP contribution in [0.2, 0.25) is 0 Å². The van der Waals surface area contributed by atoms with Gasteiger partial charge in [0.25, 0.3) is 11.7 Å². The molecule has 23 heavy (non-hydrogen) atoms. The average molecular weight is 337 g/mol. The smallest absolute Gasteiger partial charge is 0.288 e. The molecular weight excluding hydrogens is 320 g/mol. The number of hydrogen-bond donors (Lipinski definition) is 1. The van der Waals surface area contributed by atoms with Gasteiger partial charge in [-0.3, -0.25) is 4.79 Å². The summed E-state index contributed by atoms with van der Waals surface area (Å²) in [5.74, 6) is -2.70. The van der Waals surface area contributed by atoms with Gasteiger partial charge in [-0.05, 0) is 35.4 Å². The van der Waals surface area contributed by atoms with Gasteiger partial charge in [0.1, 0.15) is 0 Å². The standard InChI is InChI=1S/C17H17F2NO2S/c1-22-11-13-4-2-12(3-5-13)10-20-16(21)14-6-8-15(9-7-14)23-17(18)19/h2-9,17H,10-11H2,1H3,(H,20,21). The number of carbonyl (C=O) groups is 1. The van der Waals surface area contributed by atoms with Gasteiger partial charge in [0.05, 0.1) is 6.61 Å². The van der Waals surface area contributed by atoms with Crippen LogP contribution in [-0.2, 0) is 17.9 Å². The van der Waals surface area contributed by atoms with Crippen LogP contribution in [0.15, 0.2) is 53.4 Å². The van der Waals surface area contributed by atoms with E-state index in [1.54, 1.807) is 19.2 Å². The molecule has 0 saturated heterocycles. The first-order valence-electron chi connectivity index (χ1n) is 6.98. The minimum Gasteiger partial charge on any atom is -0.380 e. The minimum absolute atomic E-state index is 0.237. The maximum absolute atomic E-state index is 12.2. The highest BCUT2D eigenvalue weighted by molar-refractivity contribution is 7.99. The van der Waals surface area contributed by atoms with Crippen molar-refractivity contribution in [2.75, 3.05) is 7.11 Å². The molecule has 0 heterocycles. The lowest BCUT2D eigenvalue weighted by molar-refractivity contribution is 0.0951. The van der Waals surface area contributed by atoms with Gasteiger partial charge in [0.2, 0.25) is 0 Å². The Balaban J connectivity index is 1.88. The van der Waals surface area contributed by atoms with Crippen molar-refractivity contribution in [1.82, 2.24) is 5.32 Å². The zero-order valence-corrected chi connectivity index (χ0v) is 13.4. The van der Waals surface area contributed by atoms with Gasteiger partial charge in [0.15, 0.2) is 0 Å². The molecule has 6 heteroatoms. The summed E-state index contributed by atoms with van der Waals surface area (Å²) in [6.07, 6.45) is 0. The van der Waals surface area contributed by atoms with E-state index in [0.717, 1.165) is 11.1 Å². The number of nitrogens with one attached hydrogen (secondary N) is 1. The largest absolute Gasteiger partial charge is 0.380 e. The van der Waals surface area contributed by atoms with E-state index in [4.69, 9.17) is 4.74 Å². The summed E-state index contributed by atoms with van der Waals surface area (Å²) in [6.45, 7) is 0.954. The molecule has 0 aliphatic heterocycles. The van der Waals surface area contributed by atoms with Crippen molar-refractivity contribution >= 4 is 17.7 Å². The van der Waals surface area contributed by atoms with Gasteiger partial charge < -0.3 is 10.1 Å². The fraction of sp³-hybridized carbons (Fsp3) is 0.235. The molecule has 0 fully saturated rings. The van der Waals surface area contributed by atoms with Crippen molar-refractivity contribution in [2.45, 2.75) is 23.8 Å². The number of halogens is 2. The lowest BCUT2D eigenvalue weighted by Gasteiger charge is -2.07. The number of carbonyl (C=O) groups excluding carboxylic acids is 1. The van der Waals surface area contributed by atoms with Crippen LogP contribution < -0.4 is 5.32 Å². The summed E-state index contributed by atoms with van der Waals surface area (Å²) in [6, 6.07) is 13.9. The number of ether oxygens (including phenoxy) is 1. The molecule has 0 radical (unpaired) electrons. The molecule has 1 N–H and O–H groups in total. The SMILES string of the molecule is COCc1ccc(CNC(=O)c2ccc(SC(F)F)cc2)cc1. The molecule has 0 unspecified atom stereocenters. The van der Waals surface area contributed by atoms with Crippen molar-refractivity contribution in [3.8, 4) is 0 Å². The molecule has 0 bridgehead atoms. The maximum Gasteiger partial charge on any atom is 0.288 e. The van der Waals surface area contributed by atoms with Crippen LogP contribution in [0.3, 0.4) is 0 Å². The van der Waals surface area contributed by atoms with Gasteiger partial charge in [0, 0.05) is 24.1 Å². The van der Waals surface area contributed by atoms with E-state index in [1.807, 2.05) is 24.3 Å². The second-order valence-electron chi connectivity index (χ2n) is 4.84. The summed E-state index contributed by atoms with van der Waals surface area (Å²) in [7, 11) is 1.64. The van der Waals surface area contributed by atoms with Crippen molar-refractivity contribution in [1.29, 1.82) is 0 Å². The first-order valence-corrected chi connectivity index (χ1v) is 7.86. The first kappa shape index (κ1) is 17.4. The molecule has 0 aliphatic rings. The Bertz CT molecular complexity index is 630. The number of thioether (sulfide) groups is 1. The Morgan fingerprint density at radius 1 is 1.09 bits per heavy atom. The zero-order valence-electron chi connectivity index (χ0n) is 12.6. The molecule has 122 valence electrons.